The van der Waals surface area contributed by atoms with Gasteiger partial charge in [-0.2, -0.15) is 0 Å². The second-order valence-corrected chi connectivity index (χ2v) is 7.18. The van der Waals surface area contributed by atoms with Crippen LogP contribution in [0.4, 0.5) is 14.5 Å². The fourth-order valence-electron chi connectivity index (χ4n) is 2.78. The summed E-state index contributed by atoms with van der Waals surface area (Å²) >= 11 is 4.81. The summed E-state index contributed by atoms with van der Waals surface area (Å²) in [5, 5.41) is 3.73. The molecule has 3 rings (SSSR count). The third-order valence-corrected chi connectivity index (χ3v) is 5.61. The van der Waals surface area contributed by atoms with Crippen molar-refractivity contribution < 1.29 is 8.78 Å². The number of hydrogen-bond acceptors (Lipinski definition) is 3. The van der Waals surface area contributed by atoms with Crippen molar-refractivity contribution in [1.29, 1.82) is 0 Å². The van der Waals surface area contributed by atoms with Crippen LogP contribution in [0.2, 0.25) is 0 Å². The van der Waals surface area contributed by atoms with Crippen molar-refractivity contribution in [1.82, 2.24) is 0 Å². The first-order valence-corrected chi connectivity index (χ1v) is 8.50. The SMILES string of the molecule is Fc1cc(F)c(NC2=NC3(CCCCC3)CS2)c(Br)c1. The number of thioether (sulfide) groups is 1. The lowest BCUT2D eigenvalue weighted by Gasteiger charge is -2.29. The summed E-state index contributed by atoms with van der Waals surface area (Å²) in [7, 11) is 0. The molecular formula is C14H15BrF2N2S. The fraction of sp³-hybridized carbons (Fsp3) is 0.500. The van der Waals surface area contributed by atoms with Gasteiger partial charge in [0.15, 0.2) is 11.0 Å². The normalized spacial score (nSPS) is 21.1. The van der Waals surface area contributed by atoms with Crippen LogP contribution >= 0.6 is 27.7 Å². The fourth-order valence-corrected chi connectivity index (χ4v) is 4.48. The molecule has 1 aliphatic carbocycles. The summed E-state index contributed by atoms with van der Waals surface area (Å²) in [6.07, 6.45) is 5.93. The Morgan fingerprint density at radius 1 is 1.20 bits per heavy atom. The van der Waals surface area contributed by atoms with Gasteiger partial charge in [0.1, 0.15) is 5.82 Å². The third-order valence-electron chi connectivity index (χ3n) is 3.84. The quantitative estimate of drug-likeness (QED) is 0.766. The van der Waals surface area contributed by atoms with Gasteiger partial charge >= 0.3 is 0 Å². The molecule has 0 aromatic heterocycles. The number of benzene rings is 1. The smallest absolute Gasteiger partial charge is 0.161 e. The standard InChI is InChI=1S/C14H15BrF2N2S/c15-10-6-9(16)7-11(17)12(10)18-13-19-14(8-20-13)4-2-1-3-5-14/h6-7H,1-5,8H2,(H,18,19). The van der Waals surface area contributed by atoms with E-state index in [-0.39, 0.29) is 11.2 Å². The number of hydrogen-bond donors (Lipinski definition) is 1. The largest absolute Gasteiger partial charge is 0.332 e. The molecule has 1 aromatic carbocycles. The van der Waals surface area contributed by atoms with E-state index in [1.54, 1.807) is 11.8 Å². The number of nitrogens with zero attached hydrogens (tertiary/aromatic N) is 1. The van der Waals surface area contributed by atoms with Crippen molar-refractivity contribution >= 4 is 38.5 Å². The van der Waals surface area contributed by atoms with Crippen molar-refractivity contribution in [2.75, 3.05) is 11.1 Å². The number of nitrogens with one attached hydrogen (secondary N) is 1. The summed E-state index contributed by atoms with van der Waals surface area (Å²) < 4.78 is 27.3. The van der Waals surface area contributed by atoms with Gasteiger partial charge in [-0.25, -0.2) is 8.78 Å². The van der Waals surface area contributed by atoms with Crippen LogP contribution in [-0.2, 0) is 0 Å². The van der Waals surface area contributed by atoms with Crippen LogP contribution in [0.5, 0.6) is 0 Å². The summed E-state index contributed by atoms with van der Waals surface area (Å²) in [6.45, 7) is 0. The van der Waals surface area contributed by atoms with Gasteiger partial charge in [-0.15, -0.1) is 0 Å². The third kappa shape index (κ3) is 2.86. The Labute approximate surface area is 129 Å². The molecule has 1 heterocycles. The van der Waals surface area contributed by atoms with Gasteiger partial charge in [-0.05, 0) is 34.8 Å². The average molecular weight is 361 g/mol. The molecule has 0 unspecified atom stereocenters. The maximum Gasteiger partial charge on any atom is 0.161 e. The highest BCUT2D eigenvalue weighted by molar-refractivity contribution is 9.10. The van der Waals surface area contributed by atoms with Gasteiger partial charge in [0.05, 0.1) is 11.2 Å². The van der Waals surface area contributed by atoms with Crippen molar-refractivity contribution in [2.24, 2.45) is 4.99 Å². The molecule has 0 atom stereocenters. The van der Waals surface area contributed by atoms with E-state index >= 15 is 0 Å². The van der Waals surface area contributed by atoms with Crippen LogP contribution in [0, 0.1) is 11.6 Å². The van der Waals surface area contributed by atoms with E-state index in [4.69, 9.17) is 4.99 Å². The number of anilines is 1. The Kier molecular flexibility index (Phi) is 4.04. The Morgan fingerprint density at radius 2 is 1.95 bits per heavy atom. The Balaban J connectivity index is 1.80. The molecule has 0 amide bonds. The molecule has 2 aliphatic rings. The van der Waals surface area contributed by atoms with E-state index in [2.05, 4.69) is 21.2 Å². The van der Waals surface area contributed by atoms with Crippen LogP contribution in [0.3, 0.4) is 0 Å². The van der Waals surface area contributed by atoms with Crippen LogP contribution in [0.25, 0.3) is 0 Å². The monoisotopic (exact) mass is 360 g/mol. The molecular weight excluding hydrogens is 346 g/mol. The highest BCUT2D eigenvalue weighted by atomic mass is 79.9. The molecule has 1 saturated carbocycles. The second-order valence-electron chi connectivity index (χ2n) is 5.36. The lowest BCUT2D eigenvalue weighted by molar-refractivity contribution is 0.335. The molecule has 20 heavy (non-hydrogen) atoms. The molecule has 1 spiro atoms. The zero-order valence-electron chi connectivity index (χ0n) is 10.9. The van der Waals surface area contributed by atoms with Crippen LogP contribution in [0.1, 0.15) is 32.1 Å². The van der Waals surface area contributed by atoms with Gasteiger partial charge < -0.3 is 5.32 Å². The van der Waals surface area contributed by atoms with E-state index in [9.17, 15) is 8.78 Å². The van der Waals surface area contributed by atoms with Gasteiger partial charge in [0.25, 0.3) is 0 Å². The van der Waals surface area contributed by atoms with E-state index in [0.29, 0.717) is 4.47 Å². The molecule has 0 radical (unpaired) electrons. The van der Waals surface area contributed by atoms with Crippen LogP contribution in [0.15, 0.2) is 21.6 Å². The Hall–Kier alpha value is -0.620. The first kappa shape index (κ1) is 14.3. The lowest BCUT2D eigenvalue weighted by Crippen LogP contribution is -2.29. The number of aliphatic imine (C=N–C) groups is 1. The van der Waals surface area contributed by atoms with E-state index in [1.807, 2.05) is 0 Å². The minimum absolute atomic E-state index is 0.0359. The number of amidine groups is 1. The van der Waals surface area contributed by atoms with Gasteiger partial charge in [-0.1, -0.05) is 31.0 Å². The second kappa shape index (κ2) is 5.64. The van der Waals surface area contributed by atoms with Crippen molar-refractivity contribution in [3.05, 3.63) is 28.2 Å². The zero-order valence-corrected chi connectivity index (χ0v) is 13.3. The minimum atomic E-state index is -0.607. The van der Waals surface area contributed by atoms with E-state index < -0.39 is 11.6 Å². The van der Waals surface area contributed by atoms with Gasteiger partial charge in [0.2, 0.25) is 0 Å². The van der Waals surface area contributed by atoms with Crippen molar-refractivity contribution in [3.63, 3.8) is 0 Å². The van der Waals surface area contributed by atoms with Crippen LogP contribution in [-0.4, -0.2) is 16.5 Å². The Bertz CT molecular complexity index is 533. The molecule has 0 bridgehead atoms. The van der Waals surface area contributed by atoms with Crippen LogP contribution < -0.4 is 5.32 Å². The first-order chi connectivity index (χ1) is 9.58. The van der Waals surface area contributed by atoms with E-state index in [0.717, 1.165) is 29.8 Å². The topological polar surface area (TPSA) is 24.4 Å². The predicted molar refractivity (Wildman–Crippen MR) is 83.4 cm³/mol. The van der Waals surface area contributed by atoms with Gasteiger partial charge in [0, 0.05) is 16.3 Å². The highest BCUT2D eigenvalue weighted by Crippen LogP contribution is 2.40. The average Bonchev–Trinajstić information content (AvgIpc) is 2.77. The predicted octanol–water partition coefficient (Wildman–Crippen LogP) is 4.94. The maximum atomic E-state index is 13.8. The highest BCUT2D eigenvalue weighted by Gasteiger charge is 2.36. The molecule has 1 aliphatic heterocycles. The van der Waals surface area contributed by atoms with Crippen molar-refractivity contribution in [2.45, 2.75) is 37.6 Å². The molecule has 6 heteroatoms. The molecule has 1 fully saturated rings. The lowest BCUT2D eigenvalue weighted by atomic mass is 9.84. The molecule has 1 aromatic rings. The summed E-state index contributed by atoms with van der Waals surface area (Å²) in [5.74, 6) is -0.245. The zero-order chi connectivity index (χ0) is 14.2. The van der Waals surface area contributed by atoms with Gasteiger partial charge in [-0.3, -0.25) is 4.99 Å². The number of rotatable bonds is 1. The van der Waals surface area contributed by atoms with E-state index in [1.165, 1.54) is 25.3 Å². The first-order valence-electron chi connectivity index (χ1n) is 6.72. The minimum Gasteiger partial charge on any atom is -0.332 e. The van der Waals surface area contributed by atoms with Crippen molar-refractivity contribution in [3.8, 4) is 0 Å². The molecule has 108 valence electrons. The molecule has 0 saturated heterocycles. The molecule has 2 nitrogen and oxygen atoms in total. The summed E-state index contributed by atoms with van der Waals surface area (Å²) in [6, 6.07) is 2.13. The number of halogens is 3. The summed E-state index contributed by atoms with van der Waals surface area (Å²) in [5.41, 5.74) is 0.291. The summed E-state index contributed by atoms with van der Waals surface area (Å²) in [4.78, 5) is 4.77. The maximum absolute atomic E-state index is 13.8. The molecule has 1 N–H and O–H groups in total. The Morgan fingerprint density at radius 3 is 2.65 bits per heavy atom.